The highest BCUT2D eigenvalue weighted by Crippen LogP contribution is 2.12. The normalized spacial score (nSPS) is 23.5. The summed E-state index contributed by atoms with van der Waals surface area (Å²) in [5.74, 6) is 0. The molecule has 0 aromatic carbocycles. The smallest absolute Gasteiger partial charge is 0.0658 e. The molecule has 66 valence electrons. The zero-order valence-electron chi connectivity index (χ0n) is 7.74. The van der Waals surface area contributed by atoms with E-state index in [1.807, 2.05) is 0 Å². The molecule has 0 saturated carbocycles. The van der Waals surface area contributed by atoms with Crippen molar-refractivity contribution in [3.05, 3.63) is 0 Å². The summed E-state index contributed by atoms with van der Waals surface area (Å²) >= 11 is 0. The first-order chi connectivity index (χ1) is 5.27. The minimum Gasteiger partial charge on any atom is -0.300 e. The molecule has 0 atom stereocenters. The van der Waals surface area contributed by atoms with Gasteiger partial charge in [0.1, 0.15) is 0 Å². The van der Waals surface area contributed by atoms with E-state index in [4.69, 9.17) is 0 Å². The van der Waals surface area contributed by atoms with Crippen molar-refractivity contribution >= 4 is 0 Å². The zero-order valence-corrected chi connectivity index (χ0v) is 7.74. The minimum absolute atomic E-state index is 0.230. The van der Waals surface area contributed by atoms with Gasteiger partial charge in [0, 0.05) is 0 Å². The lowest BCUT2D eigenvalue weighted by Gasteiger charge is -2.36. The van der Waals surface area contributed by atoms with Gasteiger partial charge < -0.3 is 0 Å². The summed E-state index contributed by atoms with van der Waals surface area (Å²) in [4.78, 5) is 0. The Labute approximate surface area is 69.8 Å². The van der Waals surface area contributed by atoms with Crippen LogP contribution in [0.2, 0.25) is 0 Å². The van der Waals surface area contributed by atoms with Gasteiger partial charge in [0.25, 0.3) is 0 Å². The molecule has 11 heavy (non-hydrogen) atoms. The van der Waals surface area contributed by atoms with Gasteiger partial charge in [-0.3, -0.25) is 10.6 Å². The van der Waals surface area contributed by atoms with Crippen LogP contribution in [-0.2, 0) is 0 Å². The van der Waals surface area contributed by atoms with Gasteiger partial charge in [-0.2, -0.15) is 0 Å². The van der Waals surface area contributed by atoms with Crippen LogP contribution in [0.4, 0.5) is 0 Å². The van der Waals surface area contributed by atoms with Crippen LogP contribution in [0.15, 0.2) is 0 Å². The summed E-state index contributed by atoms with van der Waals surface area (Å²) in [6.45, 7) is 6.86. The molecule has 0 aliphatic carbocycles. The van der Waals surface area contributed by atoms with Gasteiger partial charge in [-0.05, 0) is 32.9 Å². The Balaban J connectivity index is 2.25. The van der Waals surface area contributed by atoms with Gasteiger partial charge in [-0.1, -0.05) is 19.8 Å². The van der Waals surface area contributed by atoms with Crippen LogP contribution < -0.4 is 10.6 Å². The Bertz CT molecular complexity index is 106. The molecule has 0 aromatic heterocycles. The van der Waals surface area contributed by atoms with Crippen LogP contribution in [0.5, 0.6) is 0 Å². The van der Waals surface area contributed by atoms with Crippen LogP contribution in [0.1, 0.15) is 39.5 Å². The maximum Gasteiger partial charge on any atom is 0.0658 e. The zero-order chi connectivity index (χ0) is 8.16. The SMILES string of the molecule is CCCCC1(C)NCCCN1. The van der Waals surface area contributed by atoms with Gasteiger partial charge in [0.05, 0.1) is 5.66 Å². The Morgan fingerprint density at radius 1 is 1.27 bits per heavy atom. The molecule has 0 amide bonds. The maximum absolute atomic E-state index is 3.52. The molecule has 1 heterocycles. The second-order valence-corrected chi connectivity index (χ2v) is 3.64. The second-order valence-electron chi connectivity index (χ2n) is 3.64. The molecule has 0 spiro atoms. The van der Waals surface area contributed by atoms with Crippen LogP contribution in [0.3, 0.4) is 0 Å². The van der Waals surface area contributed by atoms with Gasteiger partial charge >= 0.3 is 0 Å². The van der Waals surface area contributed by atoms with E-state index >= 15 is 0 Å². The number of hydrogen-bond acceptors (Lipinski definition) is 2. The quantitative estimate of drug-likeness (QED) is 0.646. The highest BCUT2D eigenvalue weighted by molar-refractivity contribution is 4.83. The van der Waals surface area contributed by atoms with E-state index in [9.17, 15) is 0 Å². The Morgan fingerprint density at radius 2 is 1.91 bits per heavy atom. The van der Waals surface area contributed by atoms with Crippen LogP contribution >= 0.6 is 0 Å². The molecule has 2 nitrogen and oxygen atoms in total. The molecular formula is C9H20N2. The Kier molecular flexibility index (Phi) is 3.34. The van der Waals surface area contributed by atoms with Gasteiger partial charge in [0.2, 0.25) is 0 Å². The van der Waals surface area contributed by atoms with Gasteiger partial charge in [0.15, 0.2) is 0 Å². The molecule has 0 unspecified atom stereocenters. The Hall–Kier alpha value is -0.0800. The number of nitrogens with one attached hydrogen (secondary N) is 2. The first-order valence-electron chi connectivity index (χ1n) is 4.77. The van der Waals surface area contributed by atoms with Crippen molar-refractivity contribution in [2.75, 3.05) is 13.1 Å². The predicted octanol–water partition coefficient (Wildman–Crippen LogP) is 1.48. The molecule has 0 radical (unpaired) electrons. The molecule has 1 saturated heterocycles. The van der Waals surface area contributed by atoms with E-state index in [0.717, 1.165) is 0 Å². The van der Waals surface area contributed by atoms with E-state index in [-0.39, 0.29) is 5.66 Å². The number of hydrogen-bond donors (Lipinski definition) is 2. The third-order valence-corrected chi connectivity index (χ3v) is 2.41. The summed E-state index contributed by atoms with van der Waals surface area (Å²) in [6.07, 6.45) is 5.13. The molecular weight excluding hydrogens is 136 g/mol. The molecule has 2 heteroatoms. The van der Waals surface area contributed by atoms with E-state index < -0.39 is 0 Å². The first-order valence-corrected chi connectivity index (χ1v) is 4.77. The minimum atomic E-state index is 0.230. The van der Waals surface area contributed by atoms with Crippen molar-refractivity contribution in [2.24, 2.45) is 0 Å². The topological polar surface area (TPSA) is 24.1 Å². The highest BCUT2D eigenvalue weighted by Gasteiger charge is 2.23. The maximum atomic E-state index is 3.52. The summed E-state index contributed by atoms with van der Waals surface area (Å²) in [5, 5.41) is 7.04. The highest BCUT2D eigenvalue weighted by atomic mass is 15.2. The van der Waals surface area contributed by atoms with Crippen molar-refractivity contribution in [2.45, 2.75) is 45.2 Å². The van der Waals surface area contributed by atoms with Crippen molar-refractivity contribution in [1.82, 2.24) is 10.6 Å². The summed E-state index contributed by atoms with van der Waals surface area (Å²) in [5.41, 5.74) is 0.230. The van der Waals surface area contributed by atoms with Crippen LogP contribution in [0.25, 0.3) is 0 Å². The lowest BCUT2D eigenvalue weighted by atomic mass is 10.0. The fourth-order valence-corrected chi connectivity index (χ4v) is 1.59. The second kappa shape index (κ2) is 4.07. The van der Waals surface area contributed by atoms with Crippen LogP contribution in [-0.4, -0.2) is 18.8 Å². The molecule has 0 aromatic rings. The van der Waals surface area contributed by atoms with Crippen molar-refractivity contribution in [3.8, 4) is 0 Å². The summed E-state index contributed by atoms with van der Waals surface area (Å²) in [6, 6.07) is 0. The lowest BCUT2D eigenvalue weighted by Crippen LogP contribution is -2.58. The Morgan fingerprint density at radius 3 is 2.45 bits per heavy atom. The van der Waals surface area contributed by atoms with Crippen molar-refractivity contribution in [1.29, 1.82) is 0 Å². The molecule has 1 aliphatic heterocycles. The fourth-order valence-electron chi connectivity index (χ4n) is 1.59. The predicted molar refractivity (Wildman–Crippen MR) is 48.6 cm³/mol. The van der Waals surface area contributed by atoms with Crippen LogP contribution in [0, 0.1) is 0 Å². The van der Waals surface area contributed by atoms with E-state index in [2.05, 4.69) is 24.5 Å². The van der Waals surface area contributed by atoms with Gasteiger partial charge in [-0.25, -0.2) is 0 Å². The molecule has 1 fully saturated rings. The third kappa shape index (κ3) is 2.80. The number of unbranched alkanes of at least 4 members (excludes halogenated alkanes) is 1. The van der Waals surface area contributed by atoms with Gasteiger partial charge in [-0.15, -0.1) is 0 Å². The lowest BCUT2D eigenvalue weighted by molar-refractivity contribution is 0.223. The van der Waals surface area contributed by atoms with Crippen molar-refractivity contribution in [3.63, 3.8) is 0 Å². The van der Waals surface area contributed by atoms with Crippen molar-refractivity contribution < 1.29 is 0 Å². The fraction of sp³-hybridized carbons (Fsp3) is 1.00. The largest absolute Gasteiger partial charge is 0.300 e. The monoisotopic (exact) mass is 156 g/mol. The summed E-state index contributed by atoms with van der Waals surface area (Å²) < 4.78 is 0. The molecule has 1 aliphatic rings. The third-order valence-electron chi connectivity index (χ3n) is 2.41. The molecule has 1 rings (SSSR count). The van der Waals surface area contributed by atoms with E-state index in [0.29, 0.717) is 0 Å². The van der Waals surface area contributed by atoms with E-state index in [1.165, 1.54) is 38.8 Å². The summed E-state index contributed by atoms with van der Waals surface area (Å²) in [7, 11) is 0. The number of rotatable bonds is 3. The van der Waals surface area contributed by atoms with E-state index in [1.54, 1.807) is 0 Å². The first kappa shape index (κ1) is 9.01. The molecule has 2 N–H and O–H groups in total. The standard InChI is InChI=1S/C9H20N2/c1-3-4-6-9(2)10-7-5-8-11-9/h10-11H,3-8H2,1-2H3. The average molecular weight is 156 g/mol. The molecule has 0 bridgehead atoms. The average Bonchev–Trinajstić information content (AvgIpc) is 2.03.